The van der Waals surface area contributed by atoms with Crippen LogP contribution in [0.5, 0.6) is 17.2 Å². The molecule has 1 aliphatic rings. The molecule has 0 fully saturated rings. The maximum atomic E-state index is 13.5. The molecule has 0 unspecified atom stereocenters. The number of aliphatic imine (C=N–C) groups is 1. The predicted octanol–water partition coefficient (Wildman–Crippen LogP) is 4.52. The molecular weight excluding hydrogens is 544 g/mol. The number of nitrogens with zero attached hydrogens (tertiary/aromatic N) is 3. The molecule has 0 aliphatic carbocycles. The van der Waals surface area contributed by atoms with Gasteiger partial charge >= 0.3 is 12.5 Å². The number of rotatable bonds is 8. The quantitative estimate of drug-likeness (QED) is 0.357. The average molecular weight is 561 g/mol. The number of hydrogen-bond acceptors (Lipinski definition) is 8. The molecule has 2 aromatic rings. The summed E-state index contributed by atoms with van der Waals surface area (Å²) in [5.74, 6) is -3.28. The third kappa shape index (κ3) is 7.40. The fraction of sp³-hybridized carbons (Fsp3) is 0.261. The monoisotopic (exact) mass is 561 g/mol. The smallest absolute Gasteiger partial charge is 0.453 e. The minimum atomic E-state index is -5.23. The third-order valence-electron chi connectivity index (χ3n) is 4.74. The van der Waals surface area contributed by atoms with Gasteiger partial charge in [0.15, 0.2) is 16.7 Å². The second-order valence-corrected chi connectivity index (χ2v) is 8.43. The second kappa shape index (κ2) is 11.8. The van der Waals surface area contributed by atoms with Gasteiger partial charge in [-0.25, -0.2) is 0 Å². The number of nitriles is 1. The van der Waals surface area contributed by atoms with E-state index in [-0.39, 0.29) is 47.5 Å². The van der Waals surface area contributed by atoms with E-state index >= 15 is 0 Å². The summed E-state index contributed by atoms with van der Waals surface area (Å²) in [7, 11) is 0. The SMILES string of the molecule is N#Cc1ccc(Oc2ccc(C=C3SC(N(CCO)CCO)=NC3=O)cc2OC(F)(F)F)c(C(F)(F)F)c1. The highest BCUT2D eigenvalue weighted by molar-refractivity contribution is 8.18. The molecule has 202 valence electrons. The lowest BCUT2D eigenvalue weighted by atomic mass is 10.1. The topological polar surface area (TPSA) is 115 Å². The van der Waals surface area contributed by atoms with Gasteiger partial charge in [0.25, 0.3) is 5.91 Å². The van der Waals surface area contributed by atoms with Gasteiger partial charge in [0.1, 0.15) is 5.75 Å². The van der Waals surface area contributed by atoms with Gasteiger partial charge in [-0.3, -0.25) is 4.79 Å². The Labute approximate surface area is 215 Å². The molecule has 0 atom stereocenters. The normalized spacial score (nSPS) is 14.9. The summed E-state index contributed by atoms with van der Waals surface area (Å²) in [4.78, 5) is 17.6. The van der Waals surface area contributed by atoms with Crippen molar-refractivity contribution < 1.29 is 50.8 Å². The Balaban J connectivity index is 1.96. The maximum absolute atomic E-state index is 13.5. The van der Waals surface area contributed by atoms with Gasteiger partial charge in [-0.05, 0) is 53.7 Å². The number of carbonyl (C=O) groups is 1. The highest BCUT2D eigenvalue weighted by atomic mass is 32.2. The molecule has 0 aromatic heterocycles. The molecule has 2 N–H and O–H groups in total. The van der Waals surface area contributed by atoms with Gasteiger partial charge in [-0.1, -0.05) is 6.07 Å². The Hall–Kier alpha value is -3.74. The first-order valence-corrected chi connectivity index (χ1v) is 11.3. The van der Waals surface area contributed by atoms with Crippen LogP contribution in [-0.2, 0) is 11.0 Å². The van der Waals surface area contributed by atoms with E-state index in [9.17, 15) is 31.1 Å². The summed E-state index contributed by atoms with van der Waals surface area (Å²) in [6, 6.07) is 6.78. The van der Waals surface area contributed by atoms with E-state index in [1.165, 1.54) is 17.0 Å². The van der Waals surface area contributed by atoms with Crippen LogP contribution < -0.4 is 9.47 Å². The number of hydrogen-bond donors (Lipinski definition) is 2. The van der Waals surface area contributed by atoms with Crippen LogP contribution in [0.1, 0.15) is 16.7 Å². The minimum absolute atomic E-state index is 0.000966. The van der Waals surface area contributed by atoms with Crippen LogP contribution in [-0.4, -0.2) is 58.9 Å². The molecule has 1 heterocycles. The van der Waals surface area contributed by atoms with Crippen molar-refractivity contribution in [3.05, 3.63) is 58.0 Å². The molecule has 1 aliphatic heterocycles. The molecular formula is C23H17F6N3O5S. The zero-order valence-electron chi connectivity index (χ0n) is 19.0. The first-order chi connectivity index (χ1) is 17.8. The minimum Gasteiger partial charge on any atom is -0.453 e. The fourth-order valence-electron chi connectivity index (χ4n) is 3.16. The van der Waals surface area contributed by atoms with Gasteiger partial charge in [0.2, 0.25) is 0 Å². The number of benzene rings is 2. The lowest BCUT2D eigenvalue weighted by Crippen LogP contribution is -2.33. The molecule has 38 heavy (non-hydrogen) atoms. The zero-order chi connectivity index (χ0) is 28.1. The lowest BCUT2D eigenvalue weighted by molar-refractivity contribution is -0.275. The van der Waals surface area contributed by atoms with E-state index in [0.29, 0.717) is 6.07 Å². The highest BCUT2D eigenvalue weighted by Crippen LogP contribution is 2.42. The van der Waals surface area contributed by atoms with Gasteiger partial charge in [-0.15, -0.1) is 13.2 Å². The molecule has 0 radical (unpaired) electrons. The van der Waals surface area contributed by atoms with Gasteiger partial charge in [-0.2, -0.15) is 23.4 Å². The molecule has 0 spiro atoms. The van der Waals surface area contributed by atoms with Crippen LogP contribution in [0, 0.1) is 11.3 Å². The number of aliphatic hydroxyl groups excluding tert-OH is 2. The molecule has 3 rings (SSSR count). The molecule has 2 aromatic carbocycles. The number of ether oxygens (including phenoxy) is 2. The summed E-state index contributed by atoms with van der Waals surface area (Å²) in [6.45, 7) is -0.445. The number of aliphatic hydroxyl groups is 2. The van der Waals surface area contributed by atoms with E-state index < -0.39 is 41.3 Å². The van der Waals surface area contributed by atoms with Crippen molar-refractivity contribution >= 4 is 28.9 Å². The summed E-state index contributed by atoms with van der Waals surface area (Å²) >= 11 is 0.855. The number of alkyl halides is 6. The van der Waals surface area contributed by atoms with Crippen LogP contribution in [0.2, 0.25) is 0 Å². The van der Waals surface area contributed by atoms with Crippen molar-refractivity contribution in [2.45, 2.75) is 12.5 Å². The predicted molar refractivity (Wildman–Crippen MR) is 123 cm³/mol. The van der Waals surface area contributed by atoms with Crippen molar-refractivity contribution in [3.63, 3.8) is 0 Å². The standard InChI is InChI=1S/C23H17F6N3O5S/c24-22(25,26)15-9-14(12-30)2-3-16(15)36-17-4-1-13(10-18(17)37-23(27,28)29)11-19-20(35)31-21(38-19)32(5-7-33)6-8-34/h1-4,9-11,33-34H,5-8H2. The molecule has 0 bridgehead atoms. The van der Waals surface area contributed by atoms with Crippen molar-refractivity contribution in [2.24, 2.45) is 4.99 Å². The molecule has 15 heteroatoms. The van der Waals surface area contributed by atoms with E-state index in [4.69, 9.17) is 20.2 Å². The number of amidine groups is 1. The Morgan fingerprint density at radius 2 is 1.66 bits per heavy atom. The Bertz CT molecular complexity index is 1300. The summed E-state index contributed by atoms with van der Waals surface area (Å²) in [5, 5.41) is 27.3. The highest BCUT2D eigenvalue weighted by Gasteiger charge is 2.36. The van der Waals surface area contributed by atoms with Crippen LogP contribution in [0.25, 0.3) is 6.08 Å². The van der Waals surface area contributed by atoms with Crippen LogP contribution in [0.15, 0.2) is 46.3 Å². The van der Waals surface area contributed by atoms with Gasteiger partial charge < -0.3 is 24.6 Å². The largest absolute Gasteiger partial charge is 0.573 e. The van der Waals surface area contributed by atoms with Crippen molar-refractivity contribution in [3.8, 4) is 23.3 Å². The Kier molecular flexibility index (Phi) is 8.92. The van der Waals surface area contributed by atoms with E-state index in [1.54, 1.807) is 6.07 Å². The van der Waals surface area contributed by atoms with E-state index in [1.807, 2.05) is 0 Å². The number of thioether (sulfide) groups is 1. The Morgan fingerprint density at radius 3 is 2.24 bits per heavy atom. The van der Waals surface area contributed by atoms with Crippen LogP contribution in [0.3, 0.4) is 0 Å². The molecule has 1 amide bonds. The van der Waals surface area contributed by atoms with Crippen molar-refractivity contribution in [1.82, 2.24) is 4.90 Å². The number of amides is 1. The first kappa shape index (κ1) is 28.8. The van der Waals surface area contributed by atoms with E-state index in [2.05, 4.69) is 9.73 Å². The summed E-state index contributed by atoms with van der Waals surface area (Å²) in [5.41, 5.74) is -1.71. The number of halogens is 6. The van der Waals surface area contributed by atoms with Crippen molar-refractivity contribution in [2.75, 3.05) is 26.3 Å². The molecule has 0 saturated heterocycles. The van der Waals surface area contributed by atoms with Crippen LogP contribution in [0.4, 0.5) is 26.3 Å². The average Bonchev–Trinajstić information content (AvgIpc) is 3.19. The van der Waals surface area contributed by atoms with Gasteiger partial charge in [0, 0.05) is 13.1 Å². The summed E-state index contributed by atoms with van der Waals surface area (Å²) in [6.07, 6.45) is -9.02. The first-order valence-electron chi connectivity index (χ1n) is 10.5. The zero-order valence-corrected chi connectivity index (χ0v) is 19.8. The Morgan fingerprint density at radius 1 is 1.00 bits per heavy atom. The van der Waals surface area contributed by atoms with Gasteiger partial charge in [0.05, 0.1) is 35.3 Å². The third-order valence-corrected chi connectivity index (χ3v) is 5.79. The lowest BCUT2D eigenvalue weighted by Gasteiger charge is -2.20. The van der Waals surface area contributed by atoms with Crippen LogP contribution >= 0.6 is 11.8 Å². The van der Waals surface area contributed by atoms with E-state index in [0.717, 1.165) is 36.0 Å². The molecule has 0 saturated carbocycles. The number of carbonyl (C=O) groups excluding carboxylic acids is 1. The second-order valence-electron chi connectivity index (χ2n) is 7.42. The van der Waals surface area contributed by atoms with Crippen molar-refractivity contribution in [1.29, 1.82) is 5.26 Å². The maximum Gasteiger partial charge on any atom is 0.573 e. The summed E-state index contributed by atoms with van der Waals surface area (Å²) < 4.78 is 88.7. The fourth-order valence-corrected chi connectivity index (χ4v) is 4.13. The molecule has 8 nitrogen and oxygen atoms in total.